The molecule has 5 aromatic carbocycles. The molecule has 7 aromatic rings. The summed E-state index contributed by atoms with van der Waals surface area (Å²) in [5.74, 6) is 0. The third-order valence-electron chi connectivity index (χ3n) is 6.68. The first-order valence-corrected chi connectivity index (χ1v) is 10.7. The van der Waals surface area contributed by atoms with E-state index in [1.807, 2.05) is 0 Å². The van der Waals surface area contributed by atoms with Gasteiger partial charge in [-0.1, -0.05) is 72.8 Å². The minimum atomic E-state index is 1.19. The van der Waals surface area contributed by atoms with Crippen LogP contribution in [0.15, 0.2) is 103 Å². The zero-order chi connectivity index (χ0) is 20.5. The van der Waals surface area contributed by atoms with Crippen molar-refractivity contribution in [3.8, 4) is 5.69 Å². The second-order valence-electron chi connectivity index (χ2n) is 8.32. The molecule has 146 valence electrons. The Bertz CT molecular complexity index is 1780. The lowest BCUT2D eigenvalue weighted by Gasteiger charge is -2.09. The molecule has 0 aliphatic rings. The number of aryl methyl sites for hydroxylation is 1. The monoisotopic (exact) mass is 396 g/mol. The Balaban J connectivity index is 1.77. The molecular formula is C29H20N2. The topological polar surface area (TPSA) is 9.86 Å². The van der Waals surface area contributed by atoms with Crippen LogP contribution in [0.2, 0.25) is 0 Å². The highest BCUT2D eigenvalue weighted by molar-refractivity contribution is 6.24. The predicted molar refractivity (Wildman–Crippen MR) is 132 cm³/mol. The molecule has 0 fully saturated rings. The number of hydrogen-bond donors (Lipinski definition) is 0. The van der Waals surface area contributed by atoms with Gasteiger partial charge >= 0.3 is 0 Å². The average molecular weight is 396 g/mol. The van der Waals surface area contributed by atoms with E-state index in [4.69, 9.17) is 0 Å². The molecule has 7 rings (SSSR count). The maximum Gasteiger partial charge on any atom is 0.0785 e. The highest BCUT2D eigenvalue weighted by Crippen LogP contribution is 2.40. The summed E-state index contributed by atoms with van der Waals surface area (Å²) in [4.78, 5) is 0. The Kier molecular flexibility index (Phi) is 3.23. The molecule has 0 atom stereocenters. The molecule has 0 radical (unpaired) electrons. The molecule has 2 aromatic heterocycles. The van der Waals surface area contributed by atoms with E-state index in [-0.39, 0.29) is 0 Å². The van der Waals surface area contributed by atoms with Gasteiger partial charge in [0.05, 0.1) is 16.6 Å². The largest absolute Gasteiger partial charge is 0.342 e. The van der Waals surface area contributed by atoms with E-state index in [0.717, 1.165) is 0 Å². The van der Waals surface area contributed by atoms with Crippen molar-refractivity contribution in [1.29, 1.82) is 0 Å². The van der Waals surface area contributed by atoms with Gasteiger partial charge in [-0.25, -0.2) is 0 Å². The summed E-state index contributed by atoms with van der Waals surface area (Å²) in [6.45, 7) is 0. The van der Waals surface area contributed by atoms with Crippen molar-refractivity contribution in [2.45, 2.75) is 0 Å². The predicted octanol–water partition coefficient (Wildman–Crippen LogP) is 7.58. The Labute approximate surface area is 179 Å². The Morgan fingerprint density at radius 2 is 1.13 bits per heavy atom. The molecule has 0 N–H and O–H groups in total. The molecule has 0 bridgehead atoms. The van der Waals surface area contributed by atoms with Gasteiger partial charge in [0.25, 0.3) is 0 Å². The summed E-state index contributed by atoms with van der Waals surface area (Å²) in [7, 11) is 2.20. The van der Waals surface area contributed by atoms with Gasteiger partial charge < -0.3 is 9.13 Å². The van der Waals surface area contributed by atoms with Crippen molar-refractivity contribution < 1.29 is 0 Å². The molecule has 0 spiro atoms. The van der Waals surface area contributed by atoms with Crippen molar-refractivity contribution in [3.63, 3.8) is 0 Å². The quantitative estimate of drug-likeness (QED) is 0.271. The van der Waals surface area contributed by atoms with Gasteiger partial charge in [0.15, 0.2) is 0 Å². The molecule has 0 aliphatic carbocycles. The maximum atomic E-state index is 2.42. The van der Waals surface area contributed by atoms with Crippen LogP contribution in [0.1, 0.15) is 0 Å². The summed E-state index contributed by atoms with van der Waals surface area (Å²) >= 11 is 0. The van der Waals surface area contributed by atoms with E-state index in [1.54, 1.807) is 0 Å². The Morgan fingerprint density at radius 1 is 0.484 bits per heavy atom. The van der Waals surface area contributed by atoms with E-state index < -0.39 is 0 Å². The van der Waals surface area contributed by atoms with Gasteiger partial charge in [0.1, 0.15) is 0 Å². The van der Waals surface area contributed by atoms with Gasteiger partial charge in [-0.15, -0.1) is 0 Å². The fraction of sp³-hybridized carbons (Fsp3) is 0.0345. The lowest BCUT2D eigenvalue weighted by Crippen LogP contribution is -1.96. The maximum absolute atomic E-state index is 2.42. The number of fused-ring (bicyclic) bond motifs is 8. The molecule has 0 saturated heterocycles. The van der Waals surface area contributed by atoms with Crippen LogP contribution in [0.5, 0.6) is 0 Å². The third kappa shape index (κ3) is 2.17. The fourth-order valence-electron chi connectivity index (χ4n) is 5.28. The zero-order valence-corrected chi connectivity index (χ0v) is 17.2. The summed E-state index contributed by atoms with van der Waals surface area (Å²) in [5.41, 5.74) is 6.25. The Hall–Kier alpha value is -4.04. The number of para-hydroxylation sites is 2. The van der Waals surface area contributed by atoms with Crippen LogP contribution in [0, 0.1) is 0 Å². The molecular weight excluding hydrogens is 376 g/mol. The molecule has 31 heavy (non-hydrogen) atoms. The van der Waals surface area contributed by atoms with Crippen LogP contribution >= 0.6 is 0 Å². The van der Waals surface area contributed by atoms with Crippen molar-refractivity contribution >= 4 is 54.4 Å². The summed E-state index contributed by atoms with van der Waals surface area (Å²) in [6.07, 6.45) is 0. The summed E-state index contributed by atoms with van der Waals surface area (Å²) in [6, 6.07) is 37.3. The van der Waals surface area contributed by atoms with Gasteiger partial charge in [0, 0.05) is 39.8 Å². The summed E-state index contributed by atoms with van der Waals surface area (Å²) < 4.78 is 4.79. The van der Waals surface area contributed by atoms with Crippen LogP contribution in [0.3, 0.4) is 0 Å². The number of rotatable bonds is 1. The van der Waals surface area contributed by atoms with Gasteiger partial charge in [-0.2, -0.15) is 0 Å². The summed E-state index contributed by atoms with van der Waals surface area (Å²) in [5, 5.41) is 7.76. The minimum absolute atomic E-state index is 1.19. The number of aromatic nitrogens is 2. The zero-order valence-electron chi connectivity index (χ0n) is 17.2. The van der Waals surface area contributed by atoms with Gasteiger partial charge in [-0.3, -0.25) is 0 Å². The van der Waals surface area contributed by atoms with Crippen LogP contribution in [0.25, 0.3) is 60.1 Å². The first-order valence-electron chi connectivity index (χ1n) is 10.7. The Morgan fingerprint density at radius 3 is 1.94 bits per heavy atom. The molecule has 0 saturated carbocycles. The second kappa shape index (κ2) is 5.99. The standard InChI is InChI=1S/C29H20N2/c1-30-27-18-20-10-6-5-9-19(20)17-25(27)24-16-15-23-22-13-7-8-14-26(22)31(29(23)28(24)30)21-11-3-2-4-12-21/h2-18H,1H3. The molecule has 2 heteroatoms. The molecule has 0 aliphatic heterocycles. The van der Waals surface area contributed by atoms with E-state index in [0.29, 0.717) is 0 Å². The SMILES string of the molecule is Cn1c2cc3ccccc3cc2c2ccc3c4ccccc4n(-c4ccccc4)c3c21. The van der Waals surface area contributed by atoms with Crippen LogP contribution in [-0.2, 0) is 7.05 Å². The molecule has 2 nitrogen and oxygen atoms in total. The van der Waals surface area contributed by atoms with Crippen molar-refractivity contribution in [2.24, 2.45) is 7.05 Å². The lowest BCUT2D eigenvalue weighted by atomic mass is 10.1. The highest BCUT2D eigenvalue weighted by atomic mass is 15.0. The minimum Gasteiger partial charge on any atom is -0.342 e. The lowest BCUT2D eigenvalue weighted by molar-refractivity contribution is 1.01. The fourth-order valence-corrected chi connectivity index (χ4v) is 5.28. The average Bonchev–Trinajstić information content (AvgIpc) is 3.30. The van der Waals surface area contributed by atoms with Crippen LogP contribution < -0.4 is 0 Å². The first-order chi connectivity index (χ1) is 15.3. The first kappa shape index (κ1) is 16.7. The van der Waals surface area contributed by atoms with Gasteiger partial charge in [-0.05, 0) is 41.1 Å². The normalized spacial score (nSPS) is 12.0. The highest BCUT2D eigenvalue weighted by Gasteiger charge is 2.19. The number of nitrogens with zero attached hydrogens (tertiary/aromatic N) is 2. The van der Waals surface area contributed by atoms with E-state index in [1.165, 1.54) is 60.1 Å². The molecule has 0 amide bonds. The second-order valence-corrected chi connectivity index (χ2v) is 8.32. The number of benzene rings is 5. The molecule has 2 heterocycles. The van der Waals surface area contributed by atoms with Crippen molar-refractivity contribution in [1.82, 2.24) is 9.13 Å². The van der Waals surface area contributed by atoms with Crippen molar-refractivity contribution in [2.75, 3.05) is 0 Å². The van der Waals surface area contributed by atoms with Crippen LogP contribution in [0.4, 0.5) is 0 Å². The van der Waals surface area contributed by atoms with E-state index in [9.17, 15) is 0 Å². The molecule has 0 unspecified atom stereocenters. The van der Waals surface area contributed by atoms with Gasteiger partial charge in [0.2, 0.25) is 0 Å². The van der Waals surface area contributed by atoms with E-state index in [2.05, 4.69) is 119 Å². The van der Waals surface area contributed by atoms with Crippen LogP contribution in [-0.4, -0.2) is 9.13 Å². The van der Waals surface area contributed by atoms with E-state index >= 15 is 0 Å². The smallest absolute Gasteiger partial charge is 0.0785 e. The number of hydrogen-bond acceptors (Lipinski definition) is 0. The third-order valence-corrected chi connectivity index (χ3v) is 6.68. The van der Waals surface area contributed by atoms with Crippen molar-refractivity contribution in [3.05, 3.63) is 103 Å².